The number of hydrogen-bond donors (Lipinski definition) is 1. The largest absolute Gasteiger partial charge is 0.348 e. The van der Waals surface area contributed by atoms with Gasteiger partial charge in [-0.15, -0.1) is 24.8 Å². The number of nitrogens with one attached hydrogen (secondary N) is 1. The summed E-state index contributed by atoms with van der Waals surface area (Å²) in [6, 6.07) is 4.40. The van der Waals surface area contributed by atoms with E-state index in [9.17, 15) is 0 Å². The molecule has 1 N–H and O–H groups in total. The van der Waals surface area contributed by atoms with Crippen LogP contribution in [0.2, 0.25) is 0 Å². The lowest BCUT2D eigenvalue weighted by atomic mass is 10.3. The summed E-state index contributed by atoms with van der Waals surface area (Å²) in [5, 5.41) is 3.38. The van der Waals surface area contributed by atoms with E-state index in [4.69, 9.17) is 0 Å². The molecule has 0 radical (unpaired) electrons. The molecule has 100 valence electrons. The molecule has 0 atom stereocenters. The first-order chi connectivity index (χ1) is 7.27. The lowest BCUT2D eigenvalue weighted by Gasteiger charge is -2.27. The topological polar surface area (TPSA) is 20.2 Å². The van der Waals surface area contributed by atoms with Crippen molar-refractivity contribution in [3.8, 4) is 0 Å². The average molecular weight is 280 g/mol. The molecule has 0 aromatic carbocycles. The van der Waals surface area contributed by atoms with Gasteiger partial charge in [0.05, 0.1) is 0 Å². The van der Waals surface area contributed by atoms with Gasteiger partial charge in [-0.25, -0.2) is 0 Å². The molecule has 1 saturated heterocycles. The van der Waals surface area contributed by atoms with Crippen LogP contribution in [0.4, 0.5) is 0 Å². The number of aryl methyl sites for hydroxylation is 2. The molecule has 0 unspecified atom stereocenters. The zero-order chi connectivity index (χ0) is 10.7. The van der Waals surface area contributed by atoms with Crippen molar-refractivity contribution in [2.45, 2.75) is 20.4 Å². The van der Waals surface area contributed by atoms with Crippen LogP contribution in [0.1, 0.15) is 11.4 Å². The molecule has 1 fully saturated rings. The highest BCUT2D eigenvalue weighted by Gasteiger charge is 2.09. The minimum atomic E-state index is 0. The molecule has 0 amide bonds. The zero-order valence-electron chi connectivity index (χ0n) is 10.6. The smallest absolute Gasteiger partial charge is 0.0352 e. The molecule has 2 rings (SSSR count). The average Bonchev–Trinajstić information content (AvgIpc) is 2.58. The molecule has 5 heteroatoms. The van der Waals surface area contributed by atoms with Gasteiger partial charge < -0.3 is 9.88 Å². The Labute approximate surface area is 116 Å². The van der Waals surface area contributed by atoms with Crippen molar-refractivity contribution in [3.05, 3.63) is 23.5 Å². The lowest BCUT2D eigenvalue weighted by molar-refractivity contribution is 0.231. The minimum Gasteiger partial charge on any atom is -0.348 e. The van der Waals surface area contributed by atoms with E-state index in [0.29, 0.717) is 0 Å². The van der Waals surface area contributed by atoms with Crippen molar-refractivity contribution in [1.29, 1.82) is 0 Å². The molecule has 17 heavy (non-hydrogen) atoms. The number of nitrogens with zero attached hydrogens (tertiary/aromatic N) is 2. The molecule has 0 bridgehead atoms. The fourth-order valence-corrected chi connectivity index (χ4v) is 2.23. The van der Waals surface area contributed by atoms with Gasteiger partial charge in [0.15, 0.2) is 0 Å². The Morgan fingerprint density at radius 2 is 1.53 bits per heavy atom. The van der Waals surface area contributed by atoms with Gasteiger partial charge in [-0.05, 0) is 26.0 Å². The van der Waals surface area contributed by atoms with Gasteiger partial charge in [0.1, 0.15) is 0 Å². The van der Waals surface area contributed by atoms with Gasteiger partial charge >= 0.3 is 0 Å². The van der Waals surface area contributed by atoms with E-state index in [0.717, 1.165) is 19.6 Å². The molecule has 2 heterocycles. The summed E-state index contributed by atoms with van der Waals surface area (Å²) in [4.78, 5) is 2.54. The van der Waals surface area contributed by atoms with Crippen LogP contribution in [-0.2, 0) is 6.54 Å². The standard InChI is InChI=1S/C12H21N3.2ClH/c1-11-3-4-12(2)15(11)10-9-14-7-5-13-6-8-14;;/h3-4,13H,5-10H2,1-2H3;2*1H. The van der Waals surface area contributed by atoms with Crippen molar-refractivity contribution in [3.63, 3.8) is 0 Å². The third-order valence-electron chi connectivity index (χ3n) is 3.27. The maximum Gasteiger partial charge on any atom is 0.0352 e. The van der Waals surface area contributed by atoms with Crippen LogP contribution in [0.5, 0.6) is 0 Å². The number of halogens is 2. The van der Waals surface area contributed by atoms with Gasteiger partial charge in [-0.3, -0.25) is 4.90 Å². The monoisotopic (exact) mass is 279 g/mol. The summed E-state index contributed by atoms with van der Waals surface area (Å²) >= 11 is 0. The van der Waals surface area contributed by atoms with E-state index in [-0.39, 0.29) is 24.8 Å². The molecule has 1 aromatic rings. The number of aromatic nitrogens is 1. The predicted molar refractivity (Wildman–Crippen MR) is 77.7 cm³/mol. The molecular formula is C12H23Cl2N3. The summed E-state index contributed by atoms with van der Waals surface area (Å²) in [7, 11) is 0. The Kier molecular flexibility index (Phi) is 7.88. The second-order valence-electron chi connectivity index (χ2n) is 4.36. The normalized spacial score (nSPS) is 16.1. The lowest BCUT2D eigenvalue weighted by Crippen LogP contribution is -2.44. The van der Waals surface area contributed by atoms with Crippen LogP contribution >= 0.6 is 24.8 Å². The molecule has 0 aliphatic carbocycles. The number of rotatable bonds is 3. The van der Waals surface area contributed by atoms with Gasteiger partial charge in [-0.2, -0.15) is 0 Å². The van der Waals surface area contributed by atoms with E-state index < -0.39 is 0 Å². The molecular weight excluding hydrogens is 257 g/mol. The summed E-state index contributed by atoms with van der Waals surface area (Å²) < 4.78 is 2.40. The predicted octanol–water partition coefficient (Wildman–Crippen LogP) is 1.85. The van der Waals surface area contributed by atoms with Gasteiger partial charge in [0, 0.05) is 50.7 Å². The zero-order valence-corrected chi connectivity index (χ0v) is 12.2. The third-order valence-corrected chi connectivity index (χ3v) is 3.27. The summed E-state index contributed by atoms with van der Waals surface area (Å²) in [6.45, 7) is 11.4. The van der Waals surface area contributed by atoms with Gasteiger partial charge in [-0.1, -0.05) is 0 Å². The van der Waals surface area contributed by atoms with Crippen molar-refractivity contribution < 1.29 is 0 Å². The Morgan fingerprint density at radius 1 is 1.00 bits per heavy atom. The summed E-state index contributed by atoms with van der Waals surface area (Å²) in [6.07, 6.45) is 0. The van der Waals surface area contributed by atoms with Crippen LogP contribution in [0.15, 0.2) is 12.1 Å². The highest BCUT2D eigenvalue weighted by molar-refractivity contribution is 5.85. The Hall–Kier alpha value is -0.220. The Morgan fingerprint density at radius 3 is 2.06 bits per heavy atom. The molecule has 1 aliphatic heterocycles. The fraction of sp³-hybridized carbons (Fsp3) is 0.667. The second-order valence-corrected chi connectivity index (χ2v) is 4.36. The quantitative estimate of drug-likeness (QED) is 0.912. The van der Waals surface area contributed by atoms with Crippen LogP contribution in [0, 0.1) is 13.8 Å². The molecule has 1 aliphatic rings. The minimum absolute atomic E-state index is 0. The van der Waals surface area contributed by atoms with Crippen molar-refractivity contribution in [2.75, 3.05) is 32.7 Å². The van der Waals surface area contributed by atoms with E-state index in [1.807, 2.05) is 0 Å². The summed E-state index contributed by atoms with van der Waals surface area (Å²) in [5.74, 6) is 0. The second kappa shape index (κ2) is 7.98. The molecule has 0 spiro atoms. The fourth-order valence-electron chi connectivity index (χ4n) is 2.23. The van der Waals surface area contributed by atoms with E-state index in [2.05, 4.69) is 40.8 Å². The number of piperazine rings is 1. The first-order valence-corrected chi connectivity index (χ1v) is 5.83. The molecule has 3 nitrogen and oxygen atoms in total. The van der Waals surface area contributed by atoms with Crippen molar-refractivity contribution in [2.24, 2.45) is 0 Å². The Bertz CT molecular complexity index is 300. The van der Waals surface area contributed by atoms with E-state index in [1.165, 1.54) is 31.0 Å². The maximum absolute atomic E-state index is 3.38. The first-order valence-electron chi connectivity index (χ1n) is 5.83. The van der Waals surface area contributed by atoms with Crippen LogP contribution in [0.25, 0.3) is 0 Å². The highest BCUT2D eigenvalue weighted by atomic mass is 35.5. The van der Waals surface area contributed by atoms with Crippen molar-refractivity contribution >= 4 is 24.8 Å². The third kappa shape index (κ3) is 4.51. The number of hydrogen-bond acceptors (Lipinski definition) is 2. The highest BCUT2D eigenvalue weighted by Crippen LogP contribution is 2.07. The van der Waals surface area contributed by atoms with Gasteiger partial charge in [0.2, 0.25) is 0 Å². The Balaban J connectivity index is 0.00000128. The molecule has 1 aromatic heterocycles. The van der Waals surface area contributed by atoms with Gasteiger partial charge in [0.25, 0.3) is 0 Å². The summed E-state index contributed by atoms with van der Waals surface area (Å²) in [5.41, 5.74) is 2.75. The maximum atomic E-state index is 3.38. The van der Waals surface area contributed by atoms with E-state index in [1.54, 1.807) is 0 Å². The van der Waals surface area contributed by atoms with Crippen LogP contribution < -0.4 is 5.32 Å². The van der Waals surface area contributed by atoms with Crippen molar-refractivity contribution in [1.82, 2.24) is 14.8 Å². The SMILES string of the molecule is Cc1ccc(C)n1CCN1CCNCC1.Cl.Cl. The molecule has 0 saturated carbocycles. The van der Waals surface area contributed by atoms with Crippen LogP contribution in [0.3, 0.4) is 0 Å². The van der Waals surface area contributed by atoms with E-state index >= 15 is 0 Å². The van der Waals surface area contributed by atoms with Crippen LogP contribution in [-0.4, -0.2) is 42.2 Å². The first kappa shape index (κ1) is 16.8.